The van der Waals surface area contributed by atoms with E-state index in [9.17, 15) is 9.18 Å². The van der Waals surface area contributed by atoms with Gasteiger partial charge in [-0.1, -0.05) is 0 Å². The molecule has 1 aromatic carbocycles. The predicted octanol–water partition coefficient (Wildman–Crippen LogP) is 2.09. The van der Waals surface area contributed by atoms with Gasteiger partial charge in [-0.2, -0.15) is 0 Å². The molecule has 0 unspecified atom stereocenters. The van der Waals surface area contributed by atoms with Gasteiger partial charge in [0.15, 0.2) is 0 Å². The molecule has 1 fully saturated rings. The minimum absolute atomic E-state index is 0. The Morgan fingerprint density at radius 2 is 2.10 bits per heavy atom. The Morgan fingerprint density at radius 3 is 2.76 bits per heavy atom. The van der Waals surface area contributed by atoms with Crippen molar-refractivity contribution in [2.75, 3.05) is 33.4 Å². The summed E-state index contributed by atoms with van der Waals surface area (Å²) in [6.07, 6.45) is 1.96. The van der Waals surface area contributed by atoms with Crippen LogP contribution in [0.1, 0.15) is 34.7 Å². The Bertz CT molecular complexity index is 465. The number of halogens is 2. The largest absolute Gasteiger partial charge is 0.383 e. The van der Waals surface area contributed by atoms with Crippen LogP contribution in [-0.2, 0) is 4.74 Å². The van der Waals surface area contributed by atoms with Crippen LogP contribution in [0.4, 0.5) is 4.39 Å². The van der Waals surface area contributed by atoms with Crippen molar-refractivity contribution in [3.8, 4) is 0 Å². The molecule has 118 valence electrons. The number of methoxy groups -OCH3 is 1. The van der Waals surface area contributed by atoms with E-state index in [1.54, 1.807) is 19.2 Å². The van der Waals surface area contributed by atoms with Crippen molar-refractivity contribution < 1.29 is 13.9 Å². The van der Waals surface area contributed by atoms with Crippen molar-refractivity contribution in [3.63, 3.8) is 0 Å². The maximum atomic E-state index is 13.7. The van der Waals surface area contributed by atoms with E-state index in [1.165, 1.54) is 6.07 Å². The van der Waals surface area contributed by atoms with E-state index in [0.717, 1.165) is 31.5 Å². The molecule has 0 aromatic heterocycles. The van der Waals surface area contributed by atoms with Crippen molar-refractivity contribution in [2.24, 2.45) is 0 Å². The number of hydrogen-bond acceptors (Lipinski definition) is 3. The summed E-state index contributed by atoms with van der Waals surface area (Å²) in [5.74, 6) is -0.271. The lowest BCUT2D eigenvalue weighted by molar-refractivity contribution is 0.0936. The summed E-state index contributed by atoms with van der Waals surface area (Å²) in [4.78, 5) is 12.0. The first-order valence-electron chi connectivity index (χ1n) is 6.99. The molecule has 2 rings (SSSR count). The van der Waals surface area contributed by atoms with Crippen LogP contribution in [0.5, 0.6) is 0 Å². The average Bonchev–Trinajstić information content (AvgIpc) is 2.47. The van der Waals surface area contributed by atoms with Gasteiger partial charge in [0.25, 0.3) is 5.91 Å². The van der Waals surface area contributed by atoms with Crippen LogP contribution in [0.2, 0.25) is 0 Å². The van der Waals surface area contributed by atoms with Crippen molar-refractivity contribution in [1.82, 2.24) is 10.6 Å². The number of nitrogens with one attached hydrogen (secondary N) is 2. The Morgan fingerprint density at radius 1 is 1.38 bits per heavy atom. The number of carbonyl (C=O) groups excluding carboxylic acids is 1. The van der Waals surface area contributed by atoms with Crippen LogP contribution in [0.25, 0.3) is 0 Å². The zero-order chi connectivity index (χ0) is 14.4. The molecule has 1 aliphatic rings. The van der Waals surface area contributed by atoms with Gasteiger partial charge in [-0.3, -0.25) is 4.79 Å². The minimum atomic E-state index is -0.349. The molecular formula is C15H22ClFN2O2. The van der Waals surface area contributed by atoms with Gasteiger partial charge in [-0.15, -0.1) is 12.4 Å². The summed E-state index contributed by atoms with van der Waals surface area (Å²) >= 11 is 0. The highest BCUT2D eigenvalue weighted by atomic mass is 35.5. The fraction of sp³-hybridized carbons (Fsp3) is 0.533. The van der Waals surface area contributed by atoms with Gasteiger partial charge in [0.05, 0.1) is 6.61 Å². The first-order chi connectivity index (χ1) is 9.70. The number of benzene rings is 1. The van der Waals surface area contributed by atoms with Crippen molar-refractivity contribution in [3.05, 3.63) is 35.1 Å². The van der Waals surface area contributed by atoms with E-state index in [0.29, 0.717) is 24.6 Å². The van der Waals surface area contributed by atoms with Crippen LogP contribution >= 0.6 is 12.4 Å². The van der Waals surface area contributed by atoms with E-state index in [1.807, 2.05) is 0 Å². The molecular weight excluding hydrogens is 295 g/mol. The summed E-state index contributed by atoms with van der Waals surface area (Å²) in [5.41, 5.74) is 1.30. The quantitative estimate of drug-likeness (QED) is 0.818. The van der Waals surface area contributed by atoms with Crippen molar-refractivity contribution in [2.45, 2.75) is 18.8 Å². The number of amides is 1. The highest BCUT2D eigenvalue weighted by Gasteiger charge is 2.18. The molecule has 4 nitrogen and oxygen atoms in total. The topological polar surface area (TPSA) is 50.4 Å². The van der Waals surface area contributed by atoms with Crippen LogP contribution in [-0.4, -0.2) is 39.3 Å². The Balaban J connectivity index is 0.00000220. The first-order valence-corrected chi connectivity index (χ1v) is 6.99. The summed E-state index contributed by atoms with van der Waals surface area (Å²) in [6, 6.07) is 4.63. The molecule has 1 amide bonds. The smallest absolute Gasteiger partial charge is 0.251 e. The third kappa shape index (κ3) is 5.26. The zero-order valence-electron chi connectivity index (χ0n) is 12.2. The van der Waals surface area contributed by atoms with Crippen molar-refractivity contribution in [1.29, 1.82) is 0 Å². The van der Waals surface area contributed by atoms with Gasteiger partial charge in [-0.05, 0) is 55.6 Å². The normalized spacial score (nSPS) is 15.3. The Hall–Kier alpha value is -1.17. The maximum Gasteiger partial charge on any atom is 0.251 e. The van der Waals surface area contributed by atoms with Gasteiger partial charge in [0, 0.05) is 19.2 Å². The average molecular weight is 317 g/mol. The number of carbonyl (C=O) groups is 1. The summed E-state index contributed by atoms with van der Waals surface area (Å²) in [6.45, 7) is 2.75. The molecule has 0 aliphatic carbocycles. The van der Waals surface area contributed by atoms with Crippen LogP contribution < -0.4 is 10.6 Å². The van der Waals surface area contributed by atoms with E-state index in [4.69, 9.17) is 4.74 Å². The second-order valence-corrected chi connectivity index (χ2v) is 5.05. The second kappa shape index (κ2) is 8.97. The molecule has 0 radical (unpaired) electrons. The number of ether oxygens (including phenoxy) is 1. The monoisotopic (exact) mass is 316 g/mol. The molecule has 1 aromatic rings. The summed E-state index contributed by atoms with van der Waals surface area (Å²) in [5, 5.41) is 6.00. The molecule has 1 heterocycles. The third-order valence-electron chi connectivity index (χ3n) is 3.58. The number of hydrogen-bond donors (Lipinski definition) is 2. The molecule has 0 saturated carbocycles. The molecule has 2 N–H and O–H groups in total. The van der Waals surface area contributed by atoms with Gasteiger partial charge >= 0.3 is 0 Å². The molecule has 1 saturated heterocycles. The lowest BCUT2D eigenvalue weighted by Crippen LogP contribution is -2.28. The van der Waals surface area contributed by atoms with Crippen LogP contribution in [0, 0.1) is 5.82 Å². The molecule has 0 atom stereocenters. The van der Waals surface area contributed by atoms with Crippen LogP contribution in [0.3, 0.4) is 0 Å². The predicted molar refractivity (Wildman–Crippen MR) is 82.7 cm³/mol. The van der Waals surface area contributed by atoms with Gasteiger partial charge in [-0.25, -0.2) is 4.39 Å². The second-order valence-electron chi connectivity index (χ2n) is 5.05. The van der Waals surface area contributed by atoms with Gasteiger partial charge in [0.2, 0.25) is 0 Å². The molecule has 21 heavy (non-hydrogen) atoms. The first kappa shape index (κ1) is 17.9. The highest BCUT2D eigenvalue weighted by molar-refractivity contribution is 5.94. The number of rotatable bonds is 5. The van der Waals surface area contributed by atoms with E-state index in [-0.39, 0.29) is 24.1 Å². The molecule has 6 heteroatoms. The Kier molecular flexibility index (Phi) is 7.64. The molecule has 1 aliphatic heterocycles. The minimum Gasteiger partial charge on any atom is -0.383 e. The van der Waals surface area contributed by atoms with E-state index in [2.05, 4.69) is 10.6 Å². The molecule has 0 spiro atoms. The third-order valence-corrected chi connectivity index (χ3v) is 3.58. The summed E-state index contributed by atoms with van der Waals surface area (Å²) < 4.78 is 18.6. The summed E-state index contributed by atoms with van der Waals surface area (Å²) in [7, 11) is 1.57. The maximum absolute atomic E-state index is 13.7. The van der Waals surface area contributed by atoms with E-state index < -0.39 is 0 Å². The SMILES string of the molecule is COCCNC(=O)c1cc(F)cc(C2CCNCC2)c1.Cl. The van der Waals surface area contributed by atoms with Gasteiger partial charge in [0.1, 0.15) is 5.82 Å². The van der Waals surface area contributed by atoms with Crippen molar-refractivity contribution >= 4 is 18.3 Å². The fourth-order valence-electron chi connectivity index (χ4n) is 2.50. The molecule has 0 bridgehead atoms. The lowest BCUT2D eigenvalue weighted by Gasteiger charge is -2.23. The Labute approximate surface area is 130 Å². The van der Waals surface area contributed by atoms with E-state index >= 15 is 0 Å². The highest BCUT2D eigenvalue weighted by Crippen LogP contribution is 2.26. The lowest BCUT2D eigenvalue weighted by atomic mass is 9.89. The van der Waals surface area contributed by atoms with Gasteiger partial charge < -0.3 is 15.4 Å². The fourth-order valence-corrected chi connectivity index (χ4v) is 2.50. The van der Waals surface area contributed by atoms with Crippen LogP contribution in [0.15, 0.2) is 18.2 Å². The standard InChI is InChI=1S/C15H21FN2O2.ClH/c1-20-7-6-18-15(19)13-8-12(9-14(16)10-13)11-2-4-17-5-3-11;/h8-11,17H,2-7H2,1H3,(H,18,19);1H. The zero-order valence-corrected chi connectivity index (χ0v) is 13.0. The number of piperidine rings is 1.